The van der Waals surface area contributed by atoms with Gasteiger partial charge in [0.25, 0.3) is 0 Å². The van der Waals surface area contributed by atoms with Gasteiger partial charge >= 0.3 is 5.97 Å². The van der Waals surface area contributed by atoms with E-state index in [-0.39, 0.29) is 12.3 Å². The summed E-state index contributed by atoms with van der Waals surface area (Å²) in [6.45, 7) is 0.888. The first kappa shape index (κ1) is 16.4. The lowest BCUT2D eigenvalue weighted by atomic mass is 9.91. The largest absolute Gasteiger partial charge is 0.497 e. The molecular formula is C18H22N2O4. The minimum atomic E-state index is -0.843. The number of imidazole rings is 1. The van der Waals surface area contributed by atoms with Crippen LogP contribution in [0.2, 0.25) is 0 Å². The van der Waals surface area contributed by atoms with Gasteiger partial charge in [-0.25, -0.2) is 4.98 Å². The minimum absolute atomic E-state index is 0.00613. The molecule has 1 aliphatic heterocycles. The predicted octanol–water partition coefficient (Wildman–Crippen LogP) is 2.84. The maximum atomic E-state index is 11.5. The molecule has 1 N–H and O–H groups in total. The van der Waals surface area contributed by atoms with Gasteiger partial charge in [-0.15, -0.1) is 0 Å². The Kier molecular flexibility index (Phi) is 4.74. The van der Waals surface area contributed by atoms with Crippen molar-refractivity contribution < 1.29 is 19.4 Å². The molecule has 1 aromatic carbocycles. The van der Waals surface area contributed by atoms with E-state index in [1.807, 2.05) is 18.3 Å². The van der Waals surface area contributed by atoms with Crippen LogP contribution < -0.4 is 9.47 Å². The van der Waals surface area contributed by atoms with Crippen molar-refractivity contribution in [2.24, 2.45) is 0 Å². The molecule has 1 aromatic heterocycles. The summed E-state index contributed by atoms with van der Waals surface area (Å²) in [4.78, 5) is 16.0. The highest BCUT2D eigenvalue weighted by molar-refractivity contribution is 5.69. The standard InChI is InChI=1S/C18H22N2O4/c1-23-12-6-7-13(16(9-12)24-2)14(10-18(21)22)15-11-19-17-5-3-4-8-20(15)17/h6-7,9,11,14H,3-5,8,10H2,1-2H3,(H,21,22). The number of methoxy groups -OCH3 is 2. The molecule has 0 fully saturated rings. The van der Waals surface area contributed by atoms with Crippen molar-refractivity contribution in [1.82, 2.24) is 9.55 Å². The average Bonchev–Trinajstić information content (AvgIpc) is 3.03. The number of carbonyl (C=O) groups is 1. The molecule has 6 nitrogen and oxygen atoms in total. The second-order valence-corrected chi connectivity index (χ2v) is 5.97. The smallest absolute Gasteiger partial charge is 0.304 e. The molecule has 1 unspecified atom stereocenters. The molecule has 0 amide bonds. The number of hydrogen-bond donors (Lipinski definition) is 1. The number of fused-ring (bicyclic) bond motifs is 1. The molecule has 3 rings (SSSR count). The van der Waals surface area contributed by atoms with Crippen LogP contribution in [0.1, 0.15) is 42.3 Å². The lowest BCUT2D eigenvalue weighted by Gasteiger charge is -2.23. The van der Waals surface area contributed by atoms with Crippen LogP contribution in [0.3, 0.4) is 0 Å². The molecule has 2 heterocycles. The number of aromatic nitrogens is 2. The summed E-state index contributed by atoms with van der Waals surface area (Å²) in [6.07, 6.45) is 4.98. The Hall–Kier alpha value is -2.50. The lowest BCUT2D eigenvalue weighted by molar-refractivity contribution is -0.137. The Morgan fingerprint density at radius 3 is 2.88 bits per heavy atom. The summed E-state index contributed by atoms with van der Waals surface area (Å²) in [5.74, 6) is 1.21. The van der Waals surface area contributed by atoms with E-state index in [2.05, 4.69) is 9.55 Å². The quantitative estimate of drug-likeness (QED) is 0.881. The Balaban J connectivity index is 2.07. The molecule has 0 saturated heterocycles. The number of ether oxygens (including phenoxy) is 2. The van der Waals surface area contributed by atoms with Crippen molar-refractivity contribution in [3.05, 3.63) is 41.5 Å². The molecule has 0 bridgehead atoms. The van der Waals surface area contributed by atoms with E-state index in [9.17, 15) is 9.90 Å². The maximum Gasteiger partial charge on any atom is 0.304 e. The molecule has 0 aliphatic carbocycles. The van der Waals surface area contributed by atoms with Gasteiger partial charge in [0.15, 0.2) is 0 Å². The molecule has 1 atom stereocenters. The summed E-state index contributed by atoms with van der Waals surface area (Å²) >= 11 is 0. The molecule has 6 heteroatoms. The van der Waals surface area contributed by atoms with Crippen molar-refractivity contribution in [1.29, 1.82) is 0 Å². The number of benzene rings is 1. The van der Waals surface area contributed by atoms with E-state index in [4.69, 9.17) is 9.47 Å². The SMILES string of the molecule is COc1ccc(C(CC(=O)O)c2cnc3n2CCCC3)c(OC)c1. The summed E-state index contributed by atoms with van der Waals surface area (Å²) < 4.78 is 12.9. The summed E-state index contributed by atoms with van der Waals surface area (Å²) in [5.41, 5.74) is 1.78. The zero-order chi connectivity index (χ0) is 17.1. The van der Waals surface area contributed by atoms with Crippen LogP contribution in [-0.4, -0.2) is 34.8 Å². The van der Waals surface area contributed by atoms with Crippen molar-refractivity contribution >= 4 is 5.97 Å². The molecule has 2 aromatic rings. The second-order valence-electron chi connectivity index (χ2n) is 5.97. The zero-order valence-electron chi connectivity index (χ0n) is 14.0. The van der Waals surface area contributed by atoms with E-state index in [1.54, 1.807) is 20.3 Å². The summed E-state index contributed by atoms with van der Waals surface area (Å²) in [6, 6.07) is 5.51. The van der Waals surface area contributed by atoms with Crippen LogP contribution in [0.25, 0.3) is 0 Å². The van der Waals surface area contributed by atoms with E-state index in [1.165, 1.54) is 0 Å². The Labute approximate surface area is 141 Å². The van der Waals surface area contributed by atoms with Crippen molar-refractivity contribution in [2.45, 2.75) is 38.1 Å². The normalized spacial score (nSPS) is 14.8. The third kappa shape index (κ3) is 3.09. The number of carboxylic acids is 1. The highest BCUT2D eigenvalue weighted by Gasteiger charge is 2.27. The van der Waals surface area contributed by atoms with Gasteiger partial charge < -0.3 is 19.1 Å². The predicted molar refractivity (Wildman–Crippen MR) is 88.8 cm³/mol. The van der Waals surface area contributed by atoms with Crippen LogP contribution in [0.5, 0.6) is 11.5 Å². The number of aliphatic carboxylic acids is 1. The van der Waals surface area contributed by atoms with Gasteiger partial charge in [0, 0.05) is 42.4 Å². The average molecular weight is 330 g/mol. The van der Waals surface area contributed by atoms with Gasteiger partial charge in [-0.3, -0.25) is 4.79 Å². The highest BCUT2D eigenvalue weighted by atomic mass is 16.5. The van der Waals surface area contributed by atoms with Gasteiger partial charge in [-0.05, 0) is 18.9 Å². The summed E-state index contributed by atoms with van der Waals surface area (Å²) in [7, 11) is 3.18. The molecule has 24 heavy (non-hydrogen) atoms. The van der Waals surface area contributed by atoms with Gasteiger partial charge in [-0.1, -0.05) is 6.07 Å². The maximum absolute atomic E-state index is 11.5. The second kappa shape index (κ2) is 6.95. The molecule has 0 spiro atoms. The minimum Gasteiger partial charge on any atom is -0.497 e. The zero-order valence-corrected chi connectivity index (χ0v) is 14.0. The van der Waals surface area contributed by atoms with Crippen molar-refractivity contribution in [3.8, 4) is 11.5 Å². The van der Waals surface area contributed by atoms with Gasteiger partial charge in [0.1, 0.15) is 17.3 Å². The van der Waals surface area contributed by atoms with Crippen molar-refractivity contribution in [3.63, 3.8) is 0 Å². The first-order chi connectivity index (χ1) is 11.6. The van der Waals surface area contributed by atoms with Crippen LogP contribution in [-0.2, 0) is 17.8 Å². The molecule has 0 saturated carbocycles. The number of carboxylic acid groups (broad SMARTS) is 1. The fraction of sp³-hybridized carbons (Fsp3) is 0.444. The fourth-order valence-corrected chi connectivity index (χ4v) is 3.37. The van der Waals surface area contributed by atoms with E-state index in [0.29, 0.717) is 11.5 Å². The first-order valence-corrected chi connectivity index (χ1v) is 8.12. The van der Waals surface area contributed by atoms with Gasteiger partial charge in [0.05, 0.1) is 20.6 Å². The Bertz CT molecular complexity index is 739. The first-order valence-electron chi connectivity index (χ1n) is 8.12. The summed E-state index contributed by atoms with van der Waals surface area (Å²) in [5, 5.41) is 9.42. The van der Waals surface area contributed by atoms with Crippen LogP contribution in [0.15, 0.2) is 24.4 Å². The molecule has 1 aliphatic rings. The number of rotatable bonds is 6. The fourth-order valence-electron chi connectivity index (χ4n) is 3.37. The Morgan fingerprint density at radius 2 is 2.17 bits per heavy atom. The molecule has 128 valence electrons. The number of aryl methyl sites for hydroxylation is 1. The molecule has 0 radical (unpaired) electrons. The highest BCUT2D eigenvalue weighted by Crippen LogP contribution is 2.37. The number of nitrogens with zero attached hydrogens (tertiary/aromatic N) is 2. The van der Waals surface area contributed by atoms with Gasteiger partial charge in [0.2, 0.25) is 0 Å². The van der Waals surface area contributed by atoms with Crippen LogP contribution >= 0.6 is 0 Å². The van der Waals surface area contributed by atoms with E-state index >= 15 is 0 Å². The van der Waals surface area contributed by atoms with Gasteiger partial charge in [-0.2, -0.15) is 0 Å². The molecular weight excluding hydrogens is 308 g/mol. The third-order valence-electron chi connectivity index (χ3n) is 4.55. The van der Waals surface area contributed by atoms with Crippen LogP contribution in [0.4, 0.5) is 0 Å². The topological polar surface area (TPSA) is 73.6 Å². The van der Waals surface area contributed by atoms with Crippen LogP contribution in [0, 0.1) is 0 Å². The third-order valence-corrected chi connectivity index (χ3v) is 4.55. The van der Waals surface area contributed by atoms with E-state index < -0.39 is 5.97 Å². The lowest BCUT2D eigenvalue weighted by Crippen LogP contribution is -2.18. The monoisotopic (exact) mass is 330 g/mol. The number of hydrogen-bond acceptors (Lipinski definition) is 4. The Morgan fingerprint density at radius 1 is 1.33 bits per heavy atom. The van der Waals surface area contributed by atoms with E-state index in [0.717, 1.165) is 42.9 Å². The van der Waals surface area contributed by atoms with Crippen molar-refractivity contribution in [2.75, 3.05) is 14.2 Å².